The number of benzene rings is 1. The molecule has 0 spiro atoms. The molecule has 3 aromatic rings. The number of morpholine rings is 1. The number of hydrogen-bond acceptors (Lipinski definition) is 5. The van der Waals surface area contributed by atoms with Gasteiger partial charge in [0.2, 0.25) is 0 Å². The molecule has 1 amide bonds. The average molecular weight is 351 g/mol. The summed E-state index contributed by atoms with van der Waals surface area (Å²) in [6.45, 7) is 3.68. The van der Waals surface area contributed by atoms with Crippen LogP contribution in [0.3, 0.4) is 0 Å². The van der Waals surface area contributed by atoms with Gasteiger partial charge in [-0.2, -0.15) is 0 Å². The number of amides is 1. The maximum Gasteiger partial charge on any atom is 0.254 e. The van der Waals surface area contributed by atoms with Crippen LogP contribution in [0.1, 0.15) is 28.3 Å². The molecular formula is C19H21N5O2. The van der Waals surface area contributed by atoms with Crippen molar-refractivity contribution in [2.24, 2.45) is 0 Å². The highest BCUT2D eigenvalue weighted by Gasteiger charge is 2.25. The van der Waals surface area contributed by atoms with Gasteiger partial charge in [0, 0.05) is 30.5 Å². The highest BCUT2D eigenvalue weighted by molar-refractivity contribution is 5.97. The minimum atomic E-state index is 0.0285. The summed E-state index contributed by atoms with van der Waals surface area (Å²) in [5, 5.41) is 0. The number of imidazole rings is 1. The first kappa shape index (κ1) is 16.7. The van der Waals surface area contributed by atoms with Crippen molar-refractivity contribution in [2.75, 3.05) is 19.7 Å². The number of aromatic nitrogens is 4. The number of rotatable bonds is 4. The SMILES string of the molecule is Cc1nc2ccc(C(=O)N3CCOC(CCc4ccncn4)C3)cc2[nH]1. The van der Waals surface area contributed by atoms with E-state index < -0.39 is 0 Å². The molecule has 7 heteroatoms. The molecule has 0 bridgehead atoms. The van der Waals surface area contributed by atoms with Gasteiger partial charge in [-0.1, -0.05) is 0 Å². The lowest BCUT2D eigenvalue weighted by Crippen LogP contribution is -2.45. The molecule has 0 saturated carbocycles. The maximum atomic E-state index is 12.9. The Kier molecular flexibility index (Phi) is 4.62. The maximum absolute atomic E-state index is 12.9. The smallest absolute Gasteiger partial charge is 0.254 e. The number of H-pyrrole nitrogens is 1. The van der Waals surface area contributed by atoms with Gasteiger partial charge in [-0.3, -0.25) is 4.79 Å². The molecule has 1 fully saturated rings. The molecule has 7 nitrogen and oxygen atoms in total. The number of nitrogens with zero attached hydrogens (tertiary/aromatic N) is 4. The highest BCUT2D eigenvalue weighted by atomic mass is 16.5. The van der Waals surface area contributed by atoms with Gasteiger partial charge in [0.25, 0.3) is 5.91 Å². The molecule has 0 aliphatic carbocycles. The first-order chi connectivity index (χ1) is 12.7. The third kappa shape index (κ3) is 3.57. The highest BCUT2D eigenvalue weighted by Crippen LogP contribution is 2.18. The third-order valence-electron chi connectivity index (χ3n) is 4.64. The quantitative estimate of drug-likeness (QED) is 0.778. The fourth-order valence-corrected chi connectivity index (χ4v) is 3.31. The van der Waals surface area contributed by atoms with Crippen molar-refractivity contribution >= 4 is 16.9 Å². The zero-order chi connectivity index (χ0) is 17.9. The minimum absolute atomic E-state index is 0.0285. The molecular weight excluding hydrogens is 330 g/mol. The van der Waals surface area contributed by atoms with Gasteiger partial charge >= 0.3 is 0 Å². The summed E-state index contributed by atoms with van der Waals surface area (Å²) in [6, 6.07) is 7.52. The lowest BCUT2D eigenvalue weighted by Gasteiger charge is -2.33. The topological polar surface area (TPSA) is 84.0 Å². The second-order valence-electron chi connectivity index (χ2n) is 6.54. The number of fused-ring (bicyclic) bond motifs is 1. The van der Waals surface area contributed by atoms with E-state index in [1.165, 1.54) is 0 Å². The van der Waals surface area contributed by atoms with E-state index >= 15 is 0 Å². The van der Waals surface area contributed by atoms with Crippen molar-refractivity contribution in [3.63, 3.8) is 0 Å². The van der Waals surface area contributed by atoms with Gasteiger partial charge < -0.3 is 14.6 Å². The number of hydrogen-bond donors (Lipinski definition) is 1. The minimum Gasteiger partial charge on any atom is -0.375 e. The average Bonchev–Trinajstić information content (AvgIpc) is 3.06. The molecule has 26 heavy (non-hydrogen) atoms. The second kappa shape index (κ2) is 7.21. The van der Waals surface area contributed by atoms with Gasteiger partial charge in [-0.25, -0.2) is 15.0 Å². The second-order valence-corrected chi connectivity index (χ2v) is 6.54. The van der Waals surface area contributed by atoms with Crippen molar-refractivity contribution in [2.45, 2.75) is 25.9 Å². The Morgan fingerprint density at radius 3 is 3.15 bits per heavy atom. The lowest BCUT2D eigenvalue weighted by molar-refractivity contribution is -0.0246. The molecule has 1 aliphatic rings. The Bertz CT molecular complexity index is 909. The summed E-state index contributed by atoms with van der Waals surface area (Å²) in [4.78, 5) is 30.5. The van der Waals surface area contributed by atoms with Crippen LogP contribution in [0.2, 0.25) is 0 Å². The van der Waals surface area contributed by atoms with Crippen molar-refractivity contribution in [1.82, 2.24) is 24.8 Å². The van der Waals surface area contributed by atoms with E-state index in [0.717, 1.165) is 35.4 Å². The molecule has 1 saturated heterocycles. The lowest BCUT2D eigenvalue weighted by atomic mass is 10.1. The van der Waals surface area contributed by atoms with E-state index in [4.69, 9.17) is 4.74 Å². The van der Waals surface area contributed by atoms with E-state index in [9.17, 15) is 4.79 Å². The summed E-state index contributed by atoms with van der Waals surface area (Å²) in [5.41, 5.74) is 3.44. The van der Waals surface area contributed by atoms with Crippen LogP contribution in [-0.4, -0.2) is 56.5 Å². The molecule has 1 aliphatic heterocycles. The van der Waals surface area contributed by atoms with Gasteiger partial charge in [-0.15, -0.1) is 0 Å². The molecule has 2 aromatic heterocycles. The Morgan fingerprint density at radius 1 is 1.38 bits per heavy atom. The molecule has 1 N–H and O–H groups in total. The molecule has 1 unspecified atom stereocenters. The van der Waals surface area contributed by atoms with Gasteiger partial charge in [0.15, 0.2) is 0 Å². The predicted octanol–water partition coefficient (Wildman–Crippen LogP) is 2.14. The van der Waals surface area contributed by atoms with Crippen LogP contribution < -0.4 is 0 Å². The zero-order valence-corrected chi connectivity index (χ0v) is 14.7. The van der Waals surface area contributed by atoms with Crippen LogP contribution in [-0.2, 0) is 11.2 Å². The van der Waals surface area contributed by atoms with Crippen LogP contribution in [0.25, 0.3) is 11.0 Å². The van der Waals surface area contributed by atoms with Gasteiger partial charge in [0.1, 0.15) is 12.2 Å². The number of aryl methyl sites for hydroxylation is 2. The van der Waals surface area contributed by atoms with Crippen molar-refractivity contribution in [3.05, 3.63) is 53.9 Å². The van der Waals surface area contributed by atoms with Crippen molar-refractivity contribution in [1.29, 1.82) is 0 Å². The Hall–Kier alpha value is -2.80. The molecule has 4 rings (SSSR count). The van der Waals surface area contributed by atoms with Crippen LogP contribution in [0.4, 0.5) is 0 Å². The fourth-order valence-electron chi connectivity index (χ4n) is 3.31. The largest absolute Gasteiger partial charge is 0.375 e. The molecule has 1 aromatic carbocycles. The monoisotopic (exact) mass is 351 g/mol. The molecule has 134 valence electrons. The predicted molar refractivity (Wildman–Crippen MR) is 96.8 cm³/mol. The number of ether oxygens (including phenoxy) is 1. The normalized spacial score (nSPS) is 17.6. The summed E-state index contributed by atoms with van der Waals surface area (Å²) in [6.07, 6.45) is 4.97. The third-order valence-corrected chi connectivity index (χ3v) is 4.64. The van der Waals surface area contributed by atoms with E-state index in [2.05, 4.69) is 19.9 Å². The Labute approximate surface area is 151 Å². The Balaban J connectivity index is 1.41. The summed E-state index contributed by atoms with van der Waals surface area (Å²) in [5.74, 6) is 0.884. The molecule has 3 heterocycles. The molecule has 1 atom stereocenters. The van der Waals surface area contributed by atoms with E-state index in [-0.39, 0.29) is 12.0 Å². The first-order valence-electron chi connectivity index (χ1n) is 8.81. The van der Waals surface area contributed by atoms with Crippen LogP contribution in [0, 0.1) is 6.92 Å². The van der Waals surface area contributed by atoms with E-state index in [1.807, 2.05) is 36.1 Å². The Morgan fingerprint density at radius 2 is 2.31 bits per heavy atom. The summed E-state index contributed by atoms with van der Waals surface area (Å²) >= 11 is 0. The van der Waals surface area contributed by atoms with Gasteiger partial charge in [0.05, 0.1) is 23.7 Å². The van der Waals surface area contributed by atoms with Crippen LogP contribution >= 0.6 is 0 Å². The van der Waals surface area contributed by atoms with Crippen LogP contribution in [0.5, 0.6) is 0 Å². The number of carbonyl (C=O) groups excluding carboxylic acids is 1. The summed E-state index contributed by atoms with van der Waals surface area (Å²) in [7, 11) is 0. The van der Waals surface area contributed by atoms with Gasteiger partial charge in [-0.05, 0) is 44.0 Å². The fraction of sp³-hybridized carbons (Fsp3) is 0.368. The number of carbonyl (C=O) groups is 1. The summed E-state index contributed by atoms with van der Waals surface area (Å²) < 4.78 is 5.84. The zero-order valence-electron chi connectivity index (χ0n) is 14.7. The van der Waals surface area contributed by atoms with E-state index in [1.54, 1.807) is 12.5 Å². The van der Waals surface area contributed by atoms with Crippen LogP contribution in [0.15, 0.2) is 36.8 Å². The standard InChI is InChI=1S/C19H21N5O2/c1-13-22-17-5-2-14(10-18(17)23-13)19(25)24-8-9-26-16(11-24)4-3-15-6-7-20-12-21-15/h2,5-7,10,12,16H,3-4,8-9,11H2,1H3,(H,22,23). The van der Waals surface area contributed by atoms with Crippen molar-refractivity contribution in [3.8, 4) is 0 Å². The molecule has 0 radical (unpaired) electrons. The number of nitrogens with one attached hydrogen (secondary N) is 1. The number of aromatic amines is 1. The van der Waals surface area contributed by atoms with E-state index in [0.29, 0.717) is 25.3 Å². The first-order valence-corrected chi connectivity index (χ1v) is 8.81. The van der Waals surface area contributed by atoms with Crippen molar-refractivity contribution < 1.29 is 9.53 Å².